The van der Waals surface area contributed by atoms with Crippen LogP contribution in [0.5, 0.6) is 0 Å². The zero-order valence-corrected chi connectivity index (χ0v) is 51.4. The van der Waals surface area contributed by atoms with Crippen molar-refractivity contribution >= 4 is 34.6 Å². The molecule has 2 aliphatic heterocycles. The van der Waals surface area contributed by atoms with Gasteiger partial charge < -0.3 is 14.2 Å². The number of nitrogens with zero attached hydrogens (tertiary/aromatic N) is 2. The molecule has 8 aliphatic carbocycles. The fourth-order valence-electron chi connectivity index (χ4n) is 18.2. The molecular weight excluding hydrogens is 932 g/mol. The Morgan fingerprint density at radius 2 is 1.21 bits per heavy atom. The van der Waals surface area contributed by atoms with Crippen LogP contribution >= 0.6 is 0 Å². The second-order valence-corrected chi connectivity index (χ2v) is 32.6. The maximum atomic E-state index is 7.94. The molecule has 406 valence electrons. The minimum atomic E-state index is 0.0126. The summed E-state index contributed by atoms with van der Waals surface area (Å²) in [7, 11) is 0. The van der Waals surface area contributed by atoms with E-state index in [1.807, 2.05) is 0 Å². The lowest BCUT2D eigenvalue weighted by Crippen LogP contribution is -2.61. The third-order valence-electron chi connectivity index (χ3n) is 23.8. The fraction of sp³-hybridized carbons (Fsp3) is 0.589. The van der Waals surface area contributed by atoms with E-state index in [0.717, 1.165) is 24.8 Å². The average molecular weight is 1030 g/mol. The highest BCUT2D eigenvalue weighted by Gasteiger charge is 2.58. The van der Waals surface area contributed by atoms with Crippen LogP contribution in [0.2, 0.25) is 0 Å². The molecule has 10 aliphatic rings. The largest absolute Gasteiger partial charge is 0.468 e. The lowest BCUT2D eigenvalue weighted by atomic mass is 9.31. The number of fused-ring (bicyclic) bond motifs is 8. The van der Waals surface area contributed by atoms with Crippen molar-refractivity contribution in [3.8, 4) is 0 Å². The van der Waals surface area contributed by atoms with Crippen LogP contribution in [0.15, 0.2) is 122 Å². The number of hydrogen-bond donors (Lipinski definition) is 0. The van der Waals surface area contributed by atoms with Crippen molar-refractivity contribution in [1.82, 2.24) is 4.90 Å². The smallest absolute Gasteiger partial charge is 0.292 e. The molecule has 2 fully saturated rings. The third-order valence-corrected chi connectivity index (χ3v) is 23.8. The van der Waals surface area contributed by atoms with Gasteiger partial charge in [-0.15, -0.1) is 0 Å². The van der Waals surface area contributed by atoms with E-state index in [-0.39, 0.29) is 62.1 Å². The molecule has 3 nitrogen and oxygen atoms in total. The van der Waals surface area contributed by atoms with Crippen LogP contribution in [0.25, 0.3) is 16.5 Å². The van der Waals surface area contributed by atoms with Gasteiger partial charge in [-0.25, -0.2) is 0 Å². The Hall–Kier alpha value is -4.44. The number of aryl methyl sites for hydroxylation is 2. The van der Waals surface area contributed by atoms with E-state index in [4.69, 9.17) is 4.42 Å². The van der Waals surface area contributed by atoms with Crippen LogP contribution < -0.4 is 10.6 Å². The molecule has 0 radical (unpaired) electrons. The van der Waals surface area contributed by atoms with Crippen molar-refractivity contribution in [2.75, 3.05) is 4.90 Å². The summed E-state index contributed by atoms with van der Waals surface area (Å²) in [5.41, 5.74) is 27.3. The Labute approximate surface area is 466 Å². The molecule has 0 saturated heterocycles. The SMILES string of the molecule is CC1=CC2=C3B(C4=C(CC5C(=C4)C(C)(C)CCC5(C)C)N2C2=CC4C(C=C2c2c(C)cccc2C)C(C)(C)CCC4(C)C)c2oc4cc5c(cc4c2N(C2C=CC4=C(C2)C(C)(C)CCC4(C)C)C3C1)C(C)(C)CCC5(C)C. The summed E-state index contributed by atoms with van der Waals surface area (Å²) in [4.78, 5) is 5.94. The van der Waals surface area contributed by atoms with Crippen molar-refractivity contribution in [2.24, 2.45) is 50.2 Å². The molecule has 0 spiro atoms. The summed E-state index contributed by atoms with van der Waals surface area (Å²) < 4.78 is 7.94. The number of benzene rings is 2. The Balaban J connectivity index is 1.13. The van der Waals surface area contributed by atoms with Gasteiger partial charge in [0.25, 0.3) is 6.71 Å². The van der Waals surface area contributed by atoms with E-state index < -0.39 is 0 Å². The Morgan fingerprint density at radius 1 is 0.610 bits per heavy atom. The minimum Gasteiger partial charge on any atom is -0.468 e. The lowest BCUT2D eigenvalue weighted by molar-refractivity contribution is 0.0323. The zero-order chi connectivity index (χ0) is 54.9. The monoisotopic (exact) mass is 1030 g/mol. The first-order valence-electron chi connectivity index (χ1n) is 30.8. The van der Waals surface area contributed by atoms with Gasteiger partial charge in [-0.1, -0.05) is 176 Å². The molecule has 2 saturated carbocycles. The number of hydrogen-bond acceptors (Lipinski definition) is 3. The molecule has 13 rings (SSSR count). The summed E-state index contributed by atoms with van der Waals surface area (Å²) in [6.45, 7) is 48.0. The molecule has 1 aromatic heterocycles. The summed E-state index contributed by atoms with van der Waals surface area (Å²) in [6, 6.07) is 12.6. The molecular formula is C73H95BN2O. The maximum Gasteiger partial charge on any atom is 0.292 e. The van der Waals surface area contributed by atoms with Gasteiger partial charge in [0.1, 0.15) is 5.58 Å². The summed E-state index contributed by atoms with van der Waals surface area (Å²) >= 11 is 0. The number of anilines is 1. The second kappa shape index (κ2) is 16.4. The van der Waals surface area contributed by atoms with Gasteiger partial charge in [-0.2, -0.15) is 0 Å². The van der Waals surface area contributed by atoms with Crippen LogP contribution in [-0.4, -0.2) is 23.7 Å². The van der Waals surface area contributed by atoms with E-state index in [9.17, 15) is 0 Å². The van der Waals surface area contributed by atoms with E-state index in [1.54, 1.807) is 22.2 Å². The first kappa shape index (κ1) is 52.0. The van der Waals surface area contributed by atoms with Gasteiger partial charge in [-0.05, 0) is 215 Å². The number of furan rings is 1. The molecule has 0 amide bonds. The number of allylic oxidation sites excluding steroid dienone is 10. The molecule has 3 heterocycles. The predicted molar refractivity (Wildman–Crippen MR) is 328 cm³/mol. The molecule has 5 unspecified atom stereocenters. The van der Waals surface area contributed by atoms with Gasteiger partial charge in [0.05, 0.1) is 17.4 Å². The second-order valence-electron chi connectivity index (χ2n) is 32.6. The molecule has 5 atom stereocenters. The van der Waals surface area contributed by atoms with Crippen LogP contribution in [-0.2, 0) is 10.8 Å². The highest BCUT2D eigenvalue weighted by atomic mass is 16.3. The lowest BCUT2D eigenvalue weighted by Gasteiger charge is -2.57. The van der Waals surface area contributed by atoms with Gasteiger partial charge >= 0.3 is 0 Å². The van der Waals surface area contributed by atoms with Crippen molar-refractivity contribution in [1.29, 1.82) is 0 Å². The van der Waals surface area contributed by atoms with Gasteiger partial charge in [-0.3, -0.25) is 0 Å². The minimum absolute atomic E-state index is 0.0126. The Bertz CT molecular complexity index is 3350. The topological polar surface area (TPSA) is 19.6 Å². The molecule has 3 aromatic rings. The summed E-state index contributed by atoms with van der Waals surface area (Å²) in [5.74, 6) is 1.29. The van der Waals surface area contributed by atoms with E-state index in [1.165, 1.54) is 130 Å². The van der Waals surface area contributed by atoms with Crippen molar-refractivity contribution in [3.05, 3.63) is 145 Å². The molecule has 2 aromatic carbocycles. The summed E-state index contributed by atoms with van der Waals surface area (Å²) in [5, 5.41) is 1.34. The third kappa shape index (κ3) is 7.52. The van der Waals surface area contributed by atoms with Crippen LogP contribution in [0.3, 0.4) is 0 Å². The van der Waals surface area contributed by atoms with Crippen LogP contribution in [0, 0.1) is 64.1 Å². The predicted octanol–water partition coefficient (Wildman–Crippen LogP) is 18.9. The maximum absolute atomic E-state index is 7.94. The average Bonchev–Trinajstić information content (AvgIpc) is 4.02. The first-order chi connectivity index (χ1) is 35.8. The molecule has 0 bridgehead atoms. The molecule has 77 heavy (non-hydrogen) atoms. The molecule has 0 N–H and O–H groups in total. The Kier molecular flexibility index (Phi) is 11.0. The molecule has 4 heteroatoms. The fourth-order valence-corrected chi connectivity index (χ4v) is 18.2. The van der Waals surface area contributed by atoms with E-state index in [0.29, 0.717) is 17.8 Å². The quantitative estimate of drug-likeness (QED) is 0.244. The van der Waals surface area contributed by atoms with Crippen molar-refractivity contribution in [2.45, 2.75) is 225 Å². The zero-order valence-electron chi connectivity index (χ0n) is 51.4. The Morgan fingerprint density at radius 3 is 1.88 bits per heavy atom. The first-order valence-corrected chi connectivity index (χ1v) is 30.8. The van der Waals surface area contributed by atoms with E-state index in [2.05, 4.69) is 208 Å². The normalized spacial score (nSPS) is 31.2. The van der Waals surface area contributed by atoms with E-state index >= 15 is 0 Å². The highest BCUT2D eigenvalue weighted by Crippen LogP contribution is 2.64. The van der Waals surface area contributed by atoms with Crippen LogP contribution in [0.1, 0.15) is 216 Å². The van der Waals surface area contributed by atoms with Gasteiger partial charge in [0.2, 0.25) is 0 Å². The number of rotatable bonds is 3. The summed E-state index contributed by atoms with van der Waals surface area (Å²) in [6.07, 6.45) is 29.3. The highest BCUT2D eigenvalue weighted by molar-refractivity contribution is 6.88. The van der Waals surface area contributed by atoms with Crippen molar-refractivity contribution in [3.63, 3.8) is 0 Å². The van der Waals surface area contributed by atoms with Gasteiger partial charge in [0.15, 0.2) is 0 Å². The van der Waals surface area contributed by atoms with Gasteiger partial charge in [0, 0.05) is 34.1 Å². The van der Waals surface area contributed by atoms with Crippen molar-refractivity contribution < 1.29 is 4.42 Å². The standard InChI is InChI=1S/C73H95BN2O/c1-42-33-59-63-60(34-42)76(57-39-53-50(68(8,9)27-30-71(53,14)15)36-46(57)62-43(2)21-20-22-44(62)3)58-40-54-52(70(12,13)29-31-72(54,16)17)38-56(58)74(63)65-64(47-37-51-55(41-61(47)77-65)73(18,19)32-28-69(51,10)11)75(59)45-23-24-48-49(35-45)67(6,7)26-25-66(48,4)5/h20-24,34,36-39,41,45,50,53-54,59H,25-33,35,40H2,1-19H3. The van der Waals surface area contributed by atoms with Crippen LogP contribution in [0.4, 0.5) is 5.69 Å².